The highest BCUT2D eigenvalue weighted by Gasteiger charge is 2.21. The summed E-state index contributed by atoms with van der Waals surface area (Å²) in [6.07, 6.45) is 2.11. The molecule has 0 spiro atoms. The van der Waals surface area contributed by atoms with Gasteiger partial charge in [-0.05, 0) is 31.4 Å². The highest BCUT2D eigenvalue weighted by molar-refractivity contribution is 5.91. The van der Waals surface area contributed by atoms with Crippen molar-refractivity contribution < 1.29 is 9.53 Å². The van der Waals surface area contributed by atoms with Crippen LogP contribution in [0, 0.1) is 6.92 Å². The Hall–Kier alpha value is -2.67. The predicted octanol–water partition coefficient (Wildman–Crippen LogP) is 1.94. The lowest BCUT2D eigenvalue weighted by atomic mass is 10.2. The molecule has 0 unspecified atom stereocenters. The SMILES string of the molecule is COCc1cc(=O)n(CC(=O)Nc2ccccc2C)c(N2CCCC2)n1. The Bertz CT molecular complexity index is 841. The minimum absolute atomic E-state index is 0.0702. The molecular weight excluding hydrogens is 332 g/mol. The van der Waals surface area contributed by atoms with Crippen LogP contribution in [0.4, 0.5) is 11.6 Å². The zero-order valence-electron chi connectivity index (χ0n) is 15.2. The zero-order valence-corrected chi connectivity index (χ0v) is 15.2. The second-order valence-corrected chi connectivity index (χ2v) is 6.46. The first-order chi connectivity index (χ1) is 12.6. The lowest BCUT2D eigenvalue weighted by Crippen LogP contribution is -2.35. The van der Waals surface area contributed by atoms with Gasteiger partial charge in [-0.1, -0.05) is 18.2 Å². The van der Waals surface area contributed by atoms with Crippen molar-refractivity contribution in [2.24, 2.45) is 0 Å². The molecule has 7 nitrogen and oxygen atoms in total. The topological polar surface area (TPSA) is 76.5 Å². The van der Waals surface area contributed by atoms with Gasteiger partial charge in [0.1, 0.15) is 6.54 Å². The maximum atomic E-state index is 12.6. The van der Waals surface area contributed by atoms with E-state index in [1.807, 2.05) is 31.2 Å². The molecule has 2 aromatic rings. The van der Waals surface area contributed by atoms with Crippen LogP contribution in [0.2, 0.25) is 0 Å². The van der Waals surface area contributed by atoms with Gasteiger partial charge in [-0.3, -0.25) is 14.2 Å². The lowest BCUT2D eigenvalue weighted by Gasteiger charge is -2.21. The molecule has 2 heterocycles. The summed E-state index contributed by atoms with van der Waals surface area (Å²) in [6, 6.07) is 8.99. The van der Waals surface area contributed by atoms with Crippen LogP contribution >= 0.6 is 0 Å². The number of carbonyl (C=O) groups is 1. The lowest BCUT2D eigenvalue weighted by molar-refractivity contribution is -0.116. The highest BCUT2D eigenvalue weighted by Crippen LogP contribution is 2.18. The Kier molecular flexibility index (Phi) is 5.68. The van der Waals surface area contributed by atoms with Crippen molar-refractivity contribution in [3.05, 3.63) is 51.9 Å². The van der Waals surface area contributed by atoms with Gasteiger partial charge in [-0.25, -0.2) is 4.98 Å². The Balaban J connectivity index is 1.87. The van der Waals surface area contributed by atoms with E-state index < -0.39 is 0 Å². The number of carbonyl (C=O) groups excluding carboxylic acids is 1. The maximum Gasteiger partial charge on any atom is 0.255 e. The Morgan fingerprint density at radius 2 is 2.00 bits per heavy atom. The number of hydrogen-bond donors (Lipinski definition) is 1. The number of anilines is 2. The quantitative estimate of drug-likeness (QED) is 0.856. The van der Waals surface area contributed by atoms with Crippen LogP contribution in [0.1, 0.15) is 24.1 Å². The number of aromatic nitrogens is 2. The molecule has 0 bridgehead atoms. The van der Waals surface area contributed by atoms with E-state index in [0.717, 1.165) is 37.2 Å². The third-order valence-corrected chi connectivity index (χ3v) is 4.44. The fraction of sp³-hybridized carbons (Fsp3) is 0.421. The molecular formula is C19H24N4O3. The molecule has 1 fully saturated rings. The molecule has 138 valence electrons. The van der Waals surface area contributed by atoms with Crippen molar-refractivity contribution in [1.29, 1.82) is 0 Å². The average molecular weight is 356 g/mol. The molecule has 1 amide bonds. The predicted molar refractivity (Wildman–Crippen MR) is 100 cm³/mol. The minimum atomic E-state index is -0.247. The fourth-order valence-corrected chi connectivity index (χ4v) is 3.12. The van der Waals surface area contributed by atoms with Gasteiger partial charge >= 0.3 is 0 Å². The number of nitrogens with zero attached hydrogens (tertiary/aromatic N) is 3. The number of nitrogens with one attached hydrogen (secondary N) is 1. The normalized spacial score (nSPS) is 13.8. The smallest absolute Gasteiger partial charge is 0.255 e. The minimum Gasteiger partial charge on any atom is -0.378 e. The Morgan fingerprint density at radius 3 is 2.69 bits per heavy atom. The molecule has 1 saturated heterocycles. The number of rotatable bonds is 6. The third-order valence-electron chi connectivity index (χ3n) is 4.44. The van der Waals surface area contributed by atoms with Crippen molar-refractivity contribution >= 4 is 17.5 Å². The summed E-state index contributed by atoms with van der Waals surface area (Å²) in [4.78, 5) is 31.8. The molecule has 0 atom stereocenters. The van der Waals surface area contributed by atoms with E-state index >= 15 is 0 Å². The number of hydrogen-bond acceptors (Lipinski definition) is 5. The largest absolute Gasteiger partial charge is 0.378 e. The summed E-state index contributed by atoms with van der Waals surface area (Å²) in [5.41, 5.74) is 2.06. The van der Waals surface area contributed by atoms with Gasteiger partial charge in [0, 0.05) is 32.0 Å². The van der Waals surface area contributed by atoms with E-state index in [0.29, 0.717) is 11.6 Å². The second-order valence-electron chi connectivity index (χ2n) is 6.46. The molecule has 0 saturated carbocycles. The van der Waals surface area contributed by atoms with Gasteiger partial charge in [0.05, 0.1) is 12.3 Å². The van der Waals surface area contributed by atoms with E-state index in [4.69, 9.17) is 4.74 Å². The summed E-state index contributed by atoms with van der Waals surface area (Å²) in [5.74, 6) is 0.296. The standard InChI is InChI=1S/C19H24N4O3/c1-14-7-3-4-8-16(14)21-17(24)12-23-18(25)11-15(13-26-2)20-19(23)22-9-5-6-10-22/h3-4,7-8,11H,5-6,9-10,12-13H2,1-2H3,(H,21,24). The van der Waals surface area contributed by atoms with Gasteiger partial charge in [-0.2, -0.15) is 0 Å². The van der Waals surface area contributed by atoms with Crippen molar-refractivity contribution in [2.45, 2.75) is 32.9 Å². The van der Waals surface area contributed by atoms with Gasteiger partial charge in [0.25, 0.3) is 5.56 Å². The van der Waals surface area contributed by atoms with Gasteiger partial charge < -0.3 is 15.0 Å². The van der Waals surface area contributed by atoms with Crippen LogP contribution in [0.3, 0.4) is 0 Å². The van der Waals surface area contributed by atoms with Crippen LogP contribution < -0.4 is 15.8 Å². The third kappa shape index (κ3) is 4.11. The van der Waals surface area contributed by atoms with Crippen molar-refractivity contribution in [3.8, 4) is 0 Å². The number of methoxy groups -OCH3 is 1. The molecule has 0 aliphatic carbocycles. The number of amides is 1. The monoisotopic (exact) mass is 356 g/mol. The van der Waals surface area contributed by atoms with E-state index in [1.165, 1.54) is 10.6 Å². The Morgan fingerprint density at radius 1 is 1.27 bits per heavy atom. The molecule has 1 N–H and O–H groups in total. The number of ether oxygens (including phenoxy) is 1. The average Bonchev–Trinajstić information content (AvgIpc) is 3.14. The summed E-state index contributed by atoms with van der Waals surface area (Å²) in [6.45, 7) is 3.80. The molecule has 0 radical (unpaired) electrons. The molecule has 3 rings (SSSR count). The van der Waals surface area contributed by atoms with Crippen molar-refractivity contribution in [1.82, 2.24) is 9.55 Å². The number of aryl methyl sites for hydroxylation is 1. The van der Waals surface area contributed by atoms with Gasteiger partial charge in [0.2, 0.25) is 11.9 Å². The number of benzene rings is 1. The first kappa shape index (κ1) is 18.1. The summed E-state index contributed by atoms with van der Waals surface area (Å²) < 4.78 is 6.55. The molecule has 1 aromatic heterocycles. The van der Waals surface area contributed by atoms with Crippen LogP contribution in [-0.2, 0) is 22.7 Å². The summed E-state index contributed by atoms with van der Waals surface area (Å²) in [5, 5.41) is 2.87. The highest BCUT2D eigenvalue weighted by atomic mass is 16.5. The molecule has 26 heavy (non-hydrogen) atoms. The van der Waals surface area contributed by atoms with Gasteiger partial charge in [0.15, 0.2) is 0 Å². The molecule has 7 heteroatoms. The van der Waals surface area contributed by atoms with Crippen molar-refractivity contribution in [2.75, 3.05) is 30.4 Å². The van der Waals surface area contributed by atoms with E-state index in [-0.39, 0.29) is 24.6 Å². The van der Waals surface area contributed by atoms with E-state index in [9.17, 15) is 9.59 Å². The second kappa shape index (κ2) is 8.14. The first-order valence-corrected chi connectivity index (χ1v) is 8.78. The van der Waals surface area contributed by atoms with E-state index in [1.54, 1.807) is 7.11 Å². The molecule has 1 aliphatic heterocycles. The van der Waals surface area contributed by atoms with Gasteiger partial charge in [-0.15, -0.1) is 0 Å². The Labute approximate surface area is 152 Å². The van der Waals surface area contributed by atoms with Crippen LogP contribution in [0.5, 0.6) is 0 Å². The molecule has 1 aliphatic rings. The fourth-order valence-electron chi connectivity index (χ4n) is 3.12. The summed E-state index contributed by atoms with van der Waals surface area (Å²) >= 11 is 0. The number of para-hydroxylation sites is 1. The first-order valence-electron chi connectivity index (χ1n) is 8.78. The summed E-state index contributed by atoms with van der Waals surface area (Å²) in [7, 11) is 1.57. The van der Waals surface area contributed by atoms with Crippen molar-refractivity contribution in [3.63, 3.8) is 0 Å². The van der Waals surface area contributed by atoms with Crippen LogP contribution in [-0.4, -0.2) is 35.7 Å². The maximum absolute atomic E-state index is 12.6. The van der Waals surface area contributed by atoms with E-state index in [2.05, 4.69) is 15.2 Å². The van der Waals surface area contributed by atoms with Crippen LogP contribution in [0.15, 0.2) is 35.1 Å². The molecule has 1 aromatic carbocycles. The van der Waals surface area contributed by atoms with Crippen LogP contribution in [0.25, 0.3) is 0 Å². The zero-order chi connectivity index (χ0) is 18.5.